The van der Waals surface area contributed by atoms with Crippen molar-refractivity contribution in [3.63, 3.8) is 0 Å². The van der Waals surface area contributed by atoms with E-state index in [-0.39, 0.29) is 0 Å². The molecule has 1 saturated carbocycles. The number of hydrogen-bond acceptors (Lipinski definition) is 1. The lowest BCUT2D eigenvalue weighted by atomic mass is 9.75. The van der Waals surface area contributed by atoms with Gasteiger partial charge in [-0.1, -0.05) is 63.4 Å². The molecule has 1 aliphatic rings. The summed E-state index contributed by atoms with van der Waals surface area (Å²) < 4.78 is 0. The standard InChI is InChI=1S/C18H29N/c1-3-15-11-8-12-17(13-15)18(19-4-2)14-16-9-6-5-7-10-16/h5-7,9-10,15,17-19H,3-4,8,11-14H2,1-2H3. The molecule has 106 valence electrons. The van der Waals surface area contributed by atoms with E-state index in [1.807, 2.05) is 0 Å². The molecule has 0 bridgehead atoms. The minimum Gasteiger partial charge on any atom is -0.314 e. The van der Waals surface area contributed by atoms with Crippen molar-refractivity contribution in [2.24, 2.45) is 11.8 Å². The molecule has 0 saturated heterocycles. The van der Waals surface area contributed by atoms with Crippen LogP contribution in [-0.2, 0) is 6.42 Å². The molecule has 1 aliphatic carbocycles. The average Bonchev–Trinajstić information content (AvgIpc) is 2.48. The van der Waals surface area contributed by atoms with Gasteiger partial charge >= 0.3 is 0 Å². The van der Waals surface area contributed by atoms with Crippen molar-refractivity contribution in [2.45, 2.75) is 58.4 Å². The number of hydrogen-bond donors (Lipinski definition) is 1. The first-order valence-corrected chi connectivity index (χ1v) is 8.10. The van der Waals surface area contributed by atoms with Crippen molar-refractivity contribution in [2.75, 3.05) is 6.54 Å². The fourth-order valence-corrected chi connectivity index (χ4v) is 3.60. The van der Waals surface area contributed by atoms with E-state index in [0.717, 1.165) is 18.4 Å². The Morgan fingerprint density at radius 1 is 1.16 bits per heavy atom. The molecule has 0 aliphatic heterocycles. The summed E-state index contributed by atoms with van der Waals surface area (Å²) in [7, 11) is 0. The molecule has 3 unspecified atom stereocenters. The van der Waals surface area contributed by atoms with Crippen molar-refractivity contribution in [3.05, 3.63) is 35.9 Å². The zero-order valence-electron chi connectivity index (χ0n) is 12.6. The van der Waals surface area contributed by atoms with Gasteiger partial charge in [-0.15, -0.1) is 0 Å². The minimum atomic E-state index is 0.668. The third-order valence-corrected chi connectivity index (χ3v) is 4.73. The van der Waals surface area contributed by atoms with Crippen molar-refractivity contribution >= 4 is 0 Å². The summed E-state index contributed by atoms with van der Waals surface area (Å²) in [5, 5.41) is 3.75. The van der Waals surface area contributed by atoms with Gasteiger partial charge in [-0.3, -0.25) is 0 Å². The molecule has 1 fully saturated rings. The Labute approximate surface area is 118 Å². The van der Waals surface area contributed by atoms with Crippen LogP contribution in [0.1, 0.15) is 51.5 Å². The summed E-state index contributed by atoms with van der Waals surface area (Å²) in [5.74, 6) is 1.84. The molecule has 1 aromatic carbocycles. The van der Waals surface area contributed by atoms with Crippen LogP contribution in [0.3, 0.4) is 0 Å². The Bertz CT molecular complexity index is 346. The first kappa shape index (κ1) is 14.6. The highest BCUT2D eigenvalue weighted by atomic mass is 14.9. The normalized spacial score (nSPS) is 25.2. The van der Waals surface area contributed by atoms with Crippen LogP contribution in [0, 0.1) is 11.8 Å². The number of rotatable bonds is 6. The van der Waals surface area contributed by atoms with Gasteiger partial charge in [0.25, 0.3) is 0 Å². The predicted octanol–water partition coefficient (Wildman–Crippen LogP) is 4.42. The molecular formula is C18H29N. The van der Waals surface area contributed by atoms with Crippen LogP contribution in [0.15, 0.2) is 30.3 Å². The van der Waals surface area contributed by atoms with Crippen LogP contribution in [0.5, 0.6) is 0 Å². The van der Waals surface area contributed by atoms with Crippen LogP contribution in [-0.4, -0.2) is 12.6 Å². The summed E-state index contributed by atoms with van der Waals surface area (Å²) >= 11 is 0. The highest BCUT2D eigenvalue weighted by Gasteiger charge is 2.27. The lowest BCUT2D eigenvalue weighted by Gasteiger charge is -2.35. The number of likely N-dealkylation sites (N-methyl/N-ethyl adjacent to an activating group) is 1. The van der Waals surface area contributed by atoms with Crippen molar-refractivity contribution in [1.82, 2.24) is 5.32 Å². The smallest absolute Gasteiger partial charge is 0.0136 e. The molecule has 1 heteroatoms. The summed E-state index contributed by atoms with van der Waals surface area (Å²) in [4.78, 5) is 0. The summed E-state index contributed by atoms with van der Waals surface area (Å²) in [6, 6.07) is 11.6. The molecule has 1 N–H and O–H groups in total. The minimum absolute atomic E-state index is 0.668. The van der Waals surface area contributed by atoms with Gasteiger partial charge in [0.05, 0.1) is 0 Å². The van der Waals surface area contributed by atoms with E-state index in [1.165, 1.54) is 44.1 Å². The van der Waals surface area contributed by atoms with Gasteiger partial charge in [0.2, 0.25) is 0 Å². The molecule has 1 nitrogen and oxygen atoms in total. The SMILES string of the molecule is CCNC(Cc1ccccc1)C1CCCC(CC)C1. The first-order valence-electron chi connectivity index (χ1n) is 8.10. The van der Waals surface area contributed by atoms with E-state index in [0.29, 0.717) is 6.04 Å². The van der Waals surface area contributed by atoms with Crippen LogP contribution >= 0.6 is 0 Å². The Balaban J connectivity index is 1.98. The lowest BCUT2D eigenvalue weighted by Crippen LogP contribution is -2.40. The fourth-order valence-electron chi connectivity index (χ4n) is 3.60. The predicted molar refractivity (Wildman–Crippen MR) is 83.3 cm³/mol. The maximum Gasteiger partial charge on any atom is 0.0136 e. The van der Waals surface area contributed by atoms with Crippen LogP contribution in [0.4, 0.5) is 0 Å². The van der Waals surface area contributed by atoms with Gasteiger partial charge in [0.1, 0.15) is 0 Å². The van der Waals surface area contributed by atoms with Crippen LogP contribution in [0.2, 0.25) is 0 Å². The molecule has 0 heterocycles. The second kappa shape index (κ2) is 7.69. The van der Waals surface area contributed by atoms with Crippen LogP contribution < -0.4 is 5.32 Å². The van der Waals surface area contributed by atoms with Gasteiger partial charge in [-0.2, -0.15) is 0 Å². The average molecular weight is 259 g/mol. The third kappa shape index (κ3) is 4.35. The number of benzene rings is 1. The van der Waals surface area contributed by atoms with E-state index in [9.17, 15) is 0 Å². The topological polar surface area (TPSA) is 12.0 Å². The zero-order valence-corrected chi connectivity index (χ0v) is 12.6. The molecule has 0 aromatic heterocycles. The molecule has 0 radical (unpaired) electrons. The molecule has 0 amide bonds. The Hall–Kier alpha value is -0.820. The van der Waals surface area contributed by atoms with Crippen LogP contribution in [0.25, 0.3) is 0 Å². The second-order valence-corrected chi connectivity index (χ2v) is 6.05. The van der Waals surface area contributed by atoms with Crippen molar-refractivity contribution in [3.8, 4) is 0 Å². The van der Waals surface area contributed by atoms with E-state index >= 15 is 0 Å². The van der Waals surface area contributed by atoms with E-state index in [4.69, 9.17) is 0 Å². The molecular weight excluding hydrogens is 230 g/mol. The van der Waals surface area contributed by atoms with E-state index in [2.05, 4.69) is 49.5 Å². The Morgan fingerprint density at radius 3 is 2.63 bits per heavy atom. The maximum atomic E-state index is 3.75. The largest absolute Gasteiger partial charge is 0.314 e. The van der Waals surface area contributed by atoms with E-state index in [1.54, 1.807) is 0 Å². The fraction of sp³-hybridized carbons (Fsp3) is 0.667. The summed E-state index contributed by atoms with van der Waals surface area (Å²) in [6.07, 6.45) is 8.29. The lowest BCUT2D eigenvalue weighted by molar-refractivity contribution is 0.208. The van der Waals surface area contributed by atoms with E-state index < -0.39 is 0 Å². The van der Waals surface area contributed by atoms with Gasteiger partial charge in [0.15, 0.2) is 0 Å². The quantitative estimate of drug-likeness (QED) is 0.797. The first-order chi connectivity index (χ1) is 9.33. The molecule has 0 spiro atoms. The van der Waals surface area contributed by atoms with Gasteiger partial charge in [-0.05, 0) is 43.2 Å². The molecule has 2 rings (SSSR count). The Kier molecular flexibility index (Phi) is 5.91. The highest BCUT2D eigenvalue weighted by molar-refractivity contribution is 5.16. The highest BCUT2D eigenvalue weighted by Crippen LogP contribution is 2.33. The Morgan fingerprint density at radius 2 is 1.95 bits per heavy atom. The zero-order chi connectivity index (χ0) is 13.5. The maximum absolute atomic E-state index is 3.75. The molecule has 19 heavy (non-hydrogen) atoms. The monoisotopic (exact) mass is 259 g/mol. The summed E-state index contributed by atoms with van der Waals surface area (Å²) in [6.45, 7) is 5.68. The van der Waals surface area contributed by atoms with Crippen molar-refractivity contribution in [1.29, 1.82) is 0 Å². The third-order valence-electron chi connectivity index (χ3n) is 4.73. The van der Waals surface area contributed by atoms with Gasteiger partial charge in [0, 0.05) is 6.04 Å². The molecule has 3 atom stereocenters. The van der Waals surface area contributed by atoms with Crippen molar-refractivity contribution < 1.29 is 0 Å². The molecule has 1 aromatic rings. The summed E-state index contributed by atoms with van der Waals surface area (Å²) in [5.41, 5.74) is 1.48. The number of nitrogens with one attached hydrogen (secondary N) is 1. The van der Waals surface area contributed by atoms with Gasteiger partial charge in [-0.25, -0.2) is 0 Å². The van der Waals surface area contributed by atoms with Gasteiger partial charge < -0.3 is 5.32 Å². The second-order valence-electron chi connectivity index (χ2n) is 6.05.